The number of carboxylic acid groups (broad SMARTS) is 1. The average molecular weight is 487 g/mol. The van der Waals surface area contributed by atoms with Gasteiger partial charge in [0.1, 0.15) is 18.1 Å². The van der Waals surface area contributed by atoms with Gasteiger partial charge in [-0.3, -0.25) is 19.2 Å². The van der Waals surface area contributed by atoms with Gasteiger partial charge < -0.3 is 26.0 Å². The molecule has 1 aliphatic rings. The fraction of sp³-hybridized carbons (Fsp3) is 0.480. The molecule has 10 heteroatoms. The maximum atomic E-state index is 13.6. The van der Waals surface area contributed by atoms with Gasteiger partial charge in [-0.2, -0.15) is 0 Å². The van der Waals surface area contributed by atoms with E-state index in [0.29, 0.717) is 6.42 Å². The highest BCUT2D eigenvalue weighted by Gasteiger charge is 2.43. The molecule has 1 saturated heterocycles. The standard InChI is InChI=1S/C25H34N4O6/c1-4-22(31)27-18(14-16(2)3)23(32)29-13-12-28(19(25(34)35)10-11-21(26)30)24(33)20(29)15-17-8-6-5-7-9-17/h4-9,16,18-20H,1,10-15H2,2-3H3,(H2,26,30)(H,27,31)(H,34,35)/t18-,19-,20-/m0/s1. The molecule has 4 N–H and O–H groups in total. The number of benzene rings is 1. The average Bonchev–Trinajstić information content (AvgIpc) is 2.80. The lowest BCUT2D eigenvalue weighted by Crippen LogP contribution is -2.65. The Hall–Kier alpha value is -3.69. The van der Waals surface area contributed by atoms with E-state index in [1.807, 2.05) is 44.2 Å². The Kier molecular flexibility index (Phi) is 9.98. The van der Waals surface area contributed by atoms with Gasteiger partial charge in [0, 0.05) is 25.9 Å². The Labute approximate surface area is 205 Å². The maximum absolute atomic E-state index is 13.6. The van der Waals surface area contributed by atoms with Crippen molar-refractivity contribution in [2.24, 2.45) is 11.7 Å². The van der Waals surface area contributed by atoms with Crippen LogP contribution in [0.3, 0.4) is 0 Å². The molecule has 0 unspecified atom stereocenters. The molecule has 0 saturated carbocycles. The Morgan fingerprint density at radius 2 is 1.86 bits per heavy atom. The first-order chi connectivity index (χ1) is 16.5. The zero-order valence-electron chi connectivity index (χ0n) is 20.2. The smallest absolute Gasteiger partial charge is 0.326 e. The van der Waals surface area contributed by atoms with Gasteiger partial charge in [0.2, 0.25) is 23.6 Å². The first kappa shape index (κ1) is 27.6. The van der Waals surface area contributed by atoms with Crippen molar-refractivity contribution in [1.29, 1.82) is 0 Å². The molecule has 0 spiro atoms. The van der Waals surface area contributed by atoms with Gasteiger partial charge >= 0.3 is 5.97 Å². The van der Waals surface area contributed by atoms with Crippen LogP contribution in [-0.4, -0.2) is 75.7 Å². The number of aliphatic carboxylic acids is 1. The summed E-state index contributed by atoms with van der Waals surface area (Å²) in [5.41, 5.74) is 5.99. The molecule has 0 radical (unpaired) electrons. The topological polar surface area (TPSA) is 150 Å². The Balaban J connectivity index is 2.39. The van der Waals surface area contributed by atoms with Crippen LogP contribution >= 0.6 is 0 Å². The predicted molar refractivity (Wildman–Crippen MR) is 129 cm³/mol. The molecule has 35 heavy (non-hydrogen) atoms. The molecular formula is C25H34N4O6. The lowest BCUT2D eigenvalue weighted by Gasteiger charge is -2.44. The van der Waals surface area contributed by atoms with Crippen molar-refractivity contribution in [1.82, 2.24) is 15.1 Å². The van der Waals surface area contributed by atoms with Crippen molar-refractivity contribution in [3.05, 3.63) is 48.6 Å². The number of nitrogens with zero attached hydrogens (tertiary/aromatic N) is 2. The number of nitrogens with one attached hydrogen (secondary N) is 1. The van der Waals surface area contributed by atoms with E-state index >= 15 is 0 Å². The van der Waals surface area contributed by atoms with Crippen LogP contribution in [-0.2, 0) is 30.4 Å². The summed E-state index contributed by atoms with van der Waals surface area (Å²) in [5, 5.41) is 12.4. The van der Waals surface area contributed by atoms with Gasteiger partial charge in [-0.25, -0.2) is 4.79 Å². The summed E-state index contributed by atoms with van der Waals surface area (Å²) in [6.07, 6.45) is 1.32. The second kappa shape index (κ2) is 12.7. The molecule has 2 rings (SSSR count). The summed E-state index contributed by atoms with van der Waals surface area (Å²) in [5.74, 6) is -3.24. The minimum absolute atomic E-state index is 0.0185. The molecule has 0 bridgehead atoms. The molecule has 1 aromatic rings. The molecular weight excluding hydrogens is 452 g/mol. The van der Waals surface area contributed by atoms with E-state index in [1.165, 1.54) is 9.80 Å². The van der Waals surface area contributed by atoms with Crippen LogP contribution < -0.4 is 11.1 Å². The highest BCUT2D eigenvalue weighted by atomic mass is 16.4. The van der Waals surface area contributed by atoms with Gasteiger partial charge in [-0.05, 0) is 30.4 Å². The second-order valence-corrected chi connectivity index (χ2v) is 9.02. The summed E-state index contributed by atoms with van der Waals surface area (Å²) >= 11 is 0. The van der Waals surface area contributed by atoms with Crippen LogP contribution in [0, 0.1) is 5.92 Å². The highest BCUT2D eigenvalue weighted by molar-refractivity contribution is 5.96. The molecule has 1 heterocycles. The summed E-state index contributed by atoms with van der Waals surface area (Å²) in [6, 6.07) is 6.03. The largest absolute Gasteiger partial charge is 0.480 e. The fourth-order valence-electron chi connectivity index (χ4n) is 4.23. The number of hydrogen-bond donors (Lipinski definition) is 3. The third-order valence-electron chi connectivity index (χ3n) is 5.91. The fourth-order valence-corrected chi connectivity index (χ4v) is 4.23. The summed E-state index contributed by atoms with van der Waals surface area (Å²) in [4.78, 5) is 65.0. The van der Waals surface area contributed by atoms with Gasteiger partial charge in [-0.1, -0.05) is 50.8 Å². The van der Waals surface area contributed by atoms with Crippen molar-refractivity contribution in [3.63, 3.8) is 0 Å². The summed E-state index contributed by atoms with van der Waals surface area (Å²) in [7, 11) is 0. The number of nitrogens with two attached hydrogens (primary N) is 1. The number of primary amides is 1. The quantitative estimate of drug-likeness (QED) is 0.370. The predicted octanol–water partition coefficient (Wildman–Crippen LogP) is 0.704. The van der Waals surface area contributed by atoms with Crippen molar-refractivity contribution in [3.8, 4) is 0 Å². The van der Waals surface area contributed by atoms with Crippen LogP contribution in [0.1, 0.15) is 38.7 Å². The number of hydrogen-bond acceptors (Lipinski definition) is 5. The van der Waals surface area contributed by atoms with E-state index in [-0.39, 0.29) is 38.3 Å². The monoisotopic (exact) mass is 486 g/mol. The van der Waals surface area contributed by atoms with Gasteiger partial charge in [0.15, 0.2) is 0 Å². The van der Waals surface area contributed by atoms with Crippen molar-refractivity contribution >= 4 is 29.6 Å². The van der Waals surface area contributed by atoms with Crippen LogP contribution in [0.4, 0.5) is 0 Å². The minimum Gasteiger partial charge on any atom is -0.480 e. The lowest BCUT2D eigenvalue weighted by atomic mass is 9.96. The first-order valence-electron chi connectivity index (χ1n) is 11.6. The molecule has 10 nitrogen and oxygen atoms in total. The summed E-state index contributed by atoms with van der Waals surface area (Å²) in [6.45, 7) is 7.34. The number of amides is 4. The first-order valence-corrected chi connectivity index (χ1v) is 11.6. The van der Waals surface area contributed by atoms with E-state index in [4.69, 9.17) is 5.73 Å². The second-order valence-electron chi connectivity index (χ2n) is 9.02. The molecule has 1 aliphatic heterocycles. The Morgan fingerprint density at radius 3 is 2.40 bits per heavy atom. The Morgan fingerprint density at radius 1 is 1.20 bits per heavy atom. The van der Waals surface area contributed by atoms with Gasteiger partial charge in [0.05, 0.1) is 0 Å². The van der Waals surface area contributed by atoms with E-state index in [1.54, 1.807) is 0 Å². The zero-order chi connectivity index (χ0) is 26.1. The molecule has 0 aliphatic carbocycles. The third kappa shape index (κ3) is 7.66. The molecule has 1 fully saturated rings. The van der Waals surface area contributed by atoms with Crippen molar-refractivity contribution in [2.45, 2.75) is 57.7 Å². The molecule has 190 valence electrons. The lowest BCUT2D eigenvalue weighted by molar-refractivity contribution is -0.161. The SMILES string of the molecule is C=CC(=O)N[C@@H](CC(C)C)C(=O)N1CCN([C@@H](CCC(N)=O)C(=O)O)C(=O)[C@@H]1Cc1ccccc1. The summed E-state index contributed by atoms with van der Waals surface area (Å²) < 4.78 is 0. The number of carbonyl (C=O) groups excluding carboxylic acids is 4. The third-order valence-corrected chi connectivity index (χ3v) is 5.91. The van der Waals surface area contributed by atoms with Crippen molar-refractivity contribution in [2.75, 3.05) is 13.1 Å². The maximum Gasteiger partial charge on any atom is 0.326 e. The highest BCUT2D eigenvalue weighted by Crippen LogP contribution is 2.22. The minimum atomic E-state index is -1.24. The van der Waals surface area contributed by atoms with Crippen molar-refractivity contribution < 1.29 is 29.1 Å². The molecule has 3 atom stereocenters. The number of piperazine rings is 1. The van der Waals surface area contributed by atoms with E-state index in [0.717, 1.165) is 11.6 Å². The van der Waals surface area contributed by atoms with Gasteiger partial charge in [0.25, 0.3) is 0 Å². The normalized spacial score (nSPS) is 17.6. The van der Waals surface area contributed by atoms with E-state index in [2.05, 4.69) is 11.9 Å². The van der Waals surface area contributed by atoms with E-state index in [9.17, 15) is 29.1 Å². The van der Waals surface area contributed by atoms with E-state index < -0.39 is 47.7 Å². The Bertz CT molecular complexity index is 949. The van der Waals surface area contributed by atoms with Crippen LogP contribution in [0.25, 0.3) is 0 Å². The van der Waals surface area contributed by atoms with Crippen LogP contribution in [0.2, 0.25) is 0 Å². The number of rotatable bonds is 12. The molecule has 4 amide bonds. The molecule has 0 aromatic heterocycles. The number of carbonyl (C=O) groups is 5. The van der Waals surface area contributed by atoms with Gasteiger partial charge in [-0.15, -0.1) is 0 Å². The zero-order valence-corrected chi connectivity index (χ0v) is 20.2. The molecule has 1 aromatic carbocycles. The van der Waals surface area contributed by atoms with Crippen LogP contribution in [0.15, 0.2) is 43.0 Å². The van der Waals surface area contributed by atoms with Crippen LogP contribution in [0.5, 0.6) is 0 Å². The number of carboxylic acids is 1.